The van der Waals surface area contributed by atoms with Crippen LogP contribution in [0.25, 0.3) is 44.5 Å². The smallest absolute Gasteiger partial charge is 0.251 e. The quantitative estimate of drug-likeness (QED) is 0.0350. The number of hydrogen-bond acceptors (Lipinski definition) is 12. The molecule has 8 fully saturated rings. The second-order valence-electron chi connectivity index (χ2n) is 47.8. The standard InChI is InChI=1S/C34H38N2O3.C34H40N2O2.C33H39N3O.C33H38N2O/c1-22-30-18-27-9-10-28(17-29(27)34(22,2)14-16-36(30)20-24-3-4-24)33(37)35-15-13-23-5-7-25(8-6-23)26-11-12-31-32(19-26)39-21-38-31;1-23-32-21-28-13-14-29(20-31(28)34(23,2)16-18-36(32)22-25-7-8-25)33(37)35-17-15-24-9-11-26(12-10-24)27-5-4-6-30(19-27)38-3;1-22-4-9-29(20-35-22)26-10-7-24(8-11-26)14-16-34-32(37)28-13-12-27-19-31-23(2)33(3,30(27)18-28)15-17-36(31)21-25-5-6-25;1-23-31-21-28-14-15-29(20-30(28)33(23,2)17-19-35(31)22-25-8-9-25)32(36)34-18-16-24-10-12-27(13-11-24)26-6-4-3-5-7-26/h5-12,17,19,22,24,30H,3-4,13-16,18,20-21H2,1-2H3,(H,35,37);4-6,9-14,19-20,23,25,32H,7-8,15-18,21-22H2,1-3H3,(H,35,37);4,7-13,18,20,23,25,31H,5-6,14-17,19,21H2,1-3H3,(H,34,37);3-7,10-15,20,23,25,31H,8-9,16-19,21-22H2,1-2H3,(H,34,36)/t22-,30+,34+;23-,32+,34+;2*23-,31?,33+/m0000/s1. The molecule has 4 saturated carbocycles. The number of aromatic nitrogens is 1. The van der Waals surface area contributed by atoms with Crippen LogP contribution in [0.1, 0.15) is 246 Å². The average Bonchev–Trinajstić information content (AvgIpc) is 1.65. The number of pyridine rings is 1. The summed E-state index contributed by atoms with van der Waals surface area (Å²) >= 11 is 0. The van der Waals surface area contributed by atoms with E-state index in [1.54, 1.807) is 7.11 Å². The van der Waals surface area contributed by atoms with Crippen LogP contribution in [-0.4, -0.2) is 165 Å². The number of carbonyl (C=O) groups is 4. The van der Waals surface area contributed by atoms with Gasteiger partial charge in [-0.15, -0.1) is 0 Å². The summed E-state index contributed by atoms with van der Waals surface area (Å²) in [4.78, 5) is 68.0. The van der Waals surface area contributed by atoms with Gasteiger partial charge >= 0.3 is 0 Å². The minimum Gasteiger partial charge on any atom is -0.497 e. The lowest BCUT2D eigenvalue weighted by Crippen LogP contribution is -2.58. The molecule has 16 nitrogen and oxygen atoms in total. The molecule has 4 amide bonds. The molecule has 12 aromatic rings. The third-order valence-electron chi connectivity index (χ3n) is 38.4. The molecule has 12 atom stereocenters. The van der Waals surface area contributed by atoms with Gasteiger partial charge in [0.05, 0.1) is 7.11 Å². The minimum absolute atomic E-state index is 0.0272. The zero-order chi connectivity index (χ0) is 103. The van der Waals surface area contributed by atoms with Gasteiger partial charge in [-0.25, -0.2) is 0 Å². The number of methoxy groups -OCH3 is 1. The molecule has 2 unspecified atom stereocenters. The molecule has 0 spiro atoms. The zero-order valence-corrected chi connectivity index (χ0v) is 90.2. The van der Waals surface area contributed by atoms with E-state index < -0.39 is 0 Å². The van der Waals surface area contributed by atoms with E-state index in [1.165, 1.54) is 207 Å². The predicted octanol–water partition coefficient (Wildman–Crippen LogP) is 24.5. The topological polar surface area (TPSA) is 170 Å². The largest absolute Gasteiger partial charge is 0.497 e. The van der Waals surface area contributed by atoms with Crippen LogP contribution in [0.3, 0.4) is 0 Å². The van der Waals surface area contributed by atoms with Crippen molar-refractivity contribution in [3.05, 3.63) is 356 Å². The number of likely N-dealkylation sites (tertiary alicyclic amines) is 4. The first-order valence-electron chi connectivity index (χ1n) is 56.9. The molecule has 778 valence electrons. The summed E-state index contributed by atoms with van der Waals surface area (Å²) in [7, 11) is 1.69. The van der Waals surface area contributed by atoms with E-state index in [2.05, 4.69) is 289 Å². The second kappa shape index (κ2) is 43.8. The van der Waals surface area contributed by atoms with Crippen LogP contribution in [0.5, 0.6) is 17.2 Å². The first-order valence-corrected chi connectivity index (χ1v) is 56.9. The number of benzene rings is 11. The van der Waals surface area contributed by atoms with Crippen molar-refractivity contribution in [2.45, 2.75) is 237 Å². The van der Waals surface area contributed by atoms with Crippen molar-refractivity contribution >= 4 is 23.6 Å². The summed E-state index contributed by atoms with van der Waals surface area (Å²) < 4.78 is 16.3. The van der Waals surface area contributed by atoms with Crippen LogP contribution in [0.15, 0.2) is 261 Å². The van der Waals surface area contributed by atoms with Gasteiger partial charge in [-0.2, -0.15) is 0 Å². The monoisotopic (exact) mass is 2000 g/mol. The molecule has 4 saturated heterocycles. The summed E-state index contributed by atoms with van der Waals surface area (Å²) in [5, 5.41) is 12.7. The third kappa shape index (κ3) is 22.2. The van der Waals surface area contributed by atoms with Gasteiger partial charge in [-0.3, -0.25) is 43.8 Å². The number of piperidine rings is 4. The number of nitrogens with one attached hydrogen (secondary N) is 4. The highest BCUT2D eigenvalue weighted by Crippen LogP contribution is 2.56. The normalized spacial score (nSPS) is 25.0. The van der Waals surface area contributed by atoms with E-state index in [0.717, 1.165) is 154 Å². The number of rotatable bonds is 29. The summed E-state index contributed by atoms with van der Waals surface area (Å²) in [6.07, 6.45) is 25.7. The van der Waals surface area contributed by atoms with Crippen molar-refractivity contribution in [3.63, 3.8) is 0 Å². The Balaban J connectivity index is 0.000000113. The van der Waals surface area contributed by atoms with Gasteiger partial charge < -0.3 is 35.5 Å². The number of carbonyl (C=O) groups excluding carboxylic acids is 4. The van der Waals surface area contributed by atoms with E-state index in [4.69, 9.17) is 14.2 Å². The summed E-state index contributed by atoms with van der Waals surface area (Å²) in [6.45, 7) is 34.2. The van der Waals surface area contributed by atoms with Gasteiger partial charge in [0.25, 0.3) is 23.6 Å². The fourth-order valence-corrected chi connectivity index (χ4v) is 27.1. The number of aryl methyl sites for hydroxylation is 1. The molecular formula is C134H155N9O7. The van der Waals surface area contributed by atoms with Crippen LogP contribution in [0.4, 0.5) is 0 Å². The maximum atomic E-state index is 13.2. The first-order chi connectivity index (χ1) is 72.8. The van der Waals surface area contributed by atoms with Gasteiger partial charge in [0, 0.05) is 116 Å². The Hall–Kier alpha value is -12.3. The molecule has 8 aliphatic carbocycles. The maximum absolute atomic E-state index is 13.2. The lowest BCUT2D eigenvalue weighted by atomic mass is 9.59. The molecule has 4 N–H and O–H groups in total. The molecule has 150 heavy (non-hydrogen) atoms. The molecular weight excluding hydrogens is 1850 g/mol. The van der Waals surface area contributed by atoms with Gasteiger partial charge in [-0.1, -0.05) is 231 Å². The van der Waals surface area contributed by atoms with Crippen LogP contribution < -0.4 is 35.5 Å². The van der Waals surface area contributed by atoms with E-state index in [1.807, 2.05) is 79.9 Å². The highest BCUT2D eigenvalue weighted by atomic mass is 16.7. The Morgan fingerprint density at radius 2 is 0.620 bits per heavy atom. The highest BCUT2D eigenvalue weighted by Gasteiger charge is 2.54. The first kappa shape index (κ1) is 102. The van der Waals surface area contributed by atoms with E-state index >= 15 is 0 Å². The lowest BCUT2D eigenvalue weighted by molar-refractivity contribution is 0.0283. The molecule has 13 aliphatic rings. The van der Waals surface area contributed by atoms with E-state index in [0.29, 0.717) is 74.0 Å². The van der Waals surface area contributed by atoms with Crippen LogP contribution in [-0.2, 0) is 73.0 Å². The Morgan fingerprint density at radius 1 is 0.327 bits per heavy atom. The van der Waals surface area contributed by atoms with Crippen molar-refractivity contribution in [3.8, 4) is 61.8 Å². The number of amides is 4. The Bertz CT molecular complexity index is 6850. The minimum atomic E-state index is 0.0272. The van der Waals surface area contributed by atoms with Crippen LogP contribution in [0.2, 0.25) is 0 Å². The molecule has 16 heteroatoms. The highest BCUT2D eigenvalue weighted by molar-refractivity contribution is 5.97. The number of hydrogen-bond donors (Lipinski definition) is 4. The molecule has 1 aromatic heterocycles. The van der Waals surface area contributed by atoms with E-state index in [9.17, 15) is 19.2 Å². The molecule has 5 aliphatic heterocycles. The van der Waals surface area contributed by atoms with Crippen molar-refractivity contribution in [1.29, 1.82) is 0 Å². The van der Waals surface area contributed by atoms with Gasteiger partial charge in [-0.05, 0) is 415 Å². The van der Waals surface area contributed by atoms with Gasteiger partial charge in [0.1, 0.15) is 5.75 Å². The fraction of sp³-hybridized carbons (Fsp3) is 0.440. The summed E-state index contributed by atoms with van der Waals surface area (Å²) in [6, 6.07) is 91.6. The van der Waals surface area contributed by atoms with Crippen molar-refractivity contribution in [1.82, 2.24) is 45.9 Å². The van der Waals surface area contributed by atoms with Crippen LogP contribution >= 0.6 is 0 Å². The Labute approximate surface area is 890 Å². The maximum Gasteiger partial charge on any atom is 0.251 e. The van der Waals surface area contributed by atoms with Crippen LogP contribution in [0, 0.1) is 54.3 Å². The molecule has 11 aromatic carbocycles. The van der Waals surface area contributed by atoms with Gasteiger partial charge in [0.15, 0.2) is 11.5 Å². The summed E-state index contributed by atoms with van der Waals surface area (Å²) in [5.74, 6) is 8.80. The summed E-state index contributed by atoms with van der Waals surface area (Å²) in [5.41, 5.74) is 30.4. The van der Waals surface area contributed by atoms with Crippen molar-refractivity contribution in [2.75, 3.05) is 92.4 Å². The SMILES string of the molecule is COc1cccc(-c2ccc(CCNC(=O)c3ccc4c(c3)[C@]3(C)CCN(CC5CC5)[C@H](C4)[C@@H]3C)cc2)c1.C[C@H]1C2Cc3ccc(C(=O)NCCc4ccc(-c5ccccc5)cc4)cc3[C@]1(C)CCN2CC1CC1.C[C@H]1[C@H]2Cc3ccc(C(=O)NCCc4ccc(-c5ccc6c(c5)OCO6)cc4)cc3[C@]1(C)CCN2CC1CC1.Cc1ccc(-c2ccc(CCNC(=O)c3ccc4c(c3)[C@]3(C)CCN(CC5CC5)C(C4)[C@@H]3C)cc2)cn1. The molecule has 25 rings (SSSR count). The van der Waals surface area contributed by atoms with Crippen molar-refractivity contribution < 1.29 is 33.4 Å². The average molecular weight is 2000 g/mol. The molecule has 0 radical (unpaired) electrons. The fourth-order valence-electron chi connectivity index (χ4n) is 27.1. The zero-order valence-electron chi connectivity index (χ0n) is 90.2. The Kier molecular flexibility index (Phi) is 29.8. The van der Waals surface area contributed by atoms with Crippen molar-refractivity contribution in [2.24, 2.45) is 47.3 Å². The van der Waals surface area contributed by atoms with Gasteiger partial charge in [0.2, 0.25) is 6.79 Å². The van der Waals surface area contributed by atoms with E-state index in [-0.39, 0.29) is 52.1 Å². The third-order valence-corrected chi connectivity index (χ3v) is 38.4. The predicted molar refractivity (Wildman–Crippen MR) is 604 cm³/mol. The second-order valence-corrected chi connectivity index (χ2v) is 47.8. The number of nitrogens with zero attached hydrogens (tertiary/aromatic N) is 5. The molecule has 6 heterocycles. The Morgan fingerprint density at radius 3 is 0.940 bits per heavy atom. The molecule has 8 bridgehead atoms. The number of fused-ring (bicyclic) bond motifs is 17. The lowest BCUT2D eigenvalue weighted by Gasteiger charge is -2.55. The number of ether oxygens (including phenoxy) is 3.